The second-order valence-electron chi connectivity index (χ2n) is 6.44. The number of aromatic nitrogens is 1. The second kappa shape index (κ2) is 7.46. The Morgan fingerprint density at radius 1 is 0.926 bits per heavy atom. The lowest BCUT2D eigenvalue weighted by atomic mass is 9.91. The zero-order valence-electron chi connectivity index (χ0n) is 14.7. The molecule has 0 bridgehead atoms. The van der Waals surface area contributed by atoms with Gasteiger partial charge >= 0.3 is 0 Å². The van der Waals surface area contributed by atoms with Crippen LogP contribution < -0.4 is 5.32 Å². The number of nitrogens with one attached hydrogen (secondary N) is 2. The number of halogens is 1. The fourth-order valence-electron chi connectivity index (χ4n) is 3.41. The van der Waals surface area contributed by atoms with Crippen LogP contribution in [0, 0.1) is 5.82 Å². The van der Waals surface area contributed by atoms with E-state index in [9.17, 15) is 9.18 Å². The van der Waals surface area contributed by atoms with E-state index >= 15 is 0 Å². The molecule has 0 unspecified atom stereocenters. The number of carbonyl (C=O) groups excluding carboxylic acids is 1. The molecule has 0 aliphatic heterocycles. The summed E-state index contributed by atoms with van der Waals surface area (Å²) in [4.78, 5) is 15.8. The maximum Gasteiger partial charge on any atom is 0.254 e. The Morgan fingerprint density at radius 3 is 2.44 bits per heavy atom. The van der Waals surface area contributed by atoms with E-state index in [4.69, 9.17) is 0 Å². The molecule has 0 fully saturated rings. The first-order chi connectivity index (χ1) is 13.2. The average molecular weight is 358 g/mol. The van der Waals surface area contributed by atoms with Crippen molar-refractivity contribution in [3.63, 3.8) is 0 Å². The van der Waals surface area contributed by atoms with Gasteiger partial charge < -0.3 is 10.3 Å². The van der Waals surface area contributed by atoms with Gasteiger partial charge in [-0.15, -0.1) is 0 Å². The lowest BCUT2D eigenvalue weighted by Gasteiger charge is -2.18. The Hall–Kier alpha value is -3.40. The van der Waals surface area contributed by atoms with Crippen LogP contribution in [0.25, 0.3) is 10.9 Å². The first kappa shape index (κ1) is 17.0. The molecule has 0 radical (unpaired) electrons. The number of hydrogen-bond donors (Lipinski definition) is 2. The van der Waals surface area contributed by atoms with Gasteiger partial charge in [-0.2, -0.15) is 0 Å². The molecular formula is C23H19FN2O. The number of H-pyrrole nitrogens is 1. The van der Waals surface area contributed by atoms with Gasteiger partial charge in [0, 0.05) is 29.6 Å². The molecule has 27 heavy (non-hydrogen) atoms. The molecule has 3 nitrogen and oxygen atoms in total. The van der Waals surface area contributed by atoms with Gasteiger partial charge in [0.15, 0.2) is 0 Å². The highest BCUT2D eigenvalue weighted by Crippen LogP contribution is 2.30. The first-order valence-corrected chi connectivity index (χ1v) is 8.87. The van der Waals surface area contributed by atoms with Crippen molar-refractivity contribution >= 4 is 16.8 Å². The van der Waals surface area contributed by atoms with E-state index in [1.165, 1.54) is 12.1 Å². The van der Waals surface area contributed by atoms with Crippen molar-refractivity contribution in [1.82, 2.24) is 10.3 Å². The van der Waals surface area contributed by atoms with E-state index in [0.29, 0.717) is 6.54 Å². The summed E-state index contributed by atoms with van der Waals surface area (Å²) in [6.45, 7) is 0.374. The number of aromatic amines is 1. The van der Waals surface area contributed by atoms with Crippen LogP contribution in [0.5, 0.6) is 0 Å². The smallest absolute Gasteiger partial charge is 0.254 e. The van der Waals surface area contributed by atoms with Crippen LogP contribution in [0.4, 0.5) is 4.39 Å². The minimum Gasteiger partial charge on any atom is -0.361 e. The molecule has 0 aliphatic carbocycles. The minimum absolute atomic E-state index is 0.0435. The Kier molecular flexibility index (Phi) is 4.71. The van der Waals surface area contributed by atoms with Crippen LogP contribution in [0.3, 0.4) is 0 Å². The van der Waals surface area contributed by atoms with Gasteiger partial charge in [-0.3, -0.25) is 4.79 Å². The normalized spacial score (nSPS) is 12.0. The molecule has 0 saturated carbocycles. The Balaban J connectivity index is 1.65. The standard InChI is InChI=1S/C23H19FN2O/c24-21-12-6-4-11-18(21)23(27)26-14-19(16-8-2-1-3-9-16)20-15-25-22-13-7-5-10-17(20)22/h1-13,15,19,25H,14H2,(H,26,27)/t19-/m1/s1. The SMILES string of the molecule is O=C(NC[C@H](c1ccccc1)c1c[nH]c2ccccc12)c1ccccc1F. The first-order valence-electron chi connectivity index (χ1n) is 8.87. The number of benzene rings is 3. The van der Waals surface area contributed by atoms with Gasteiger partial charge in [0.2, 0.25) is 0 Å². The Labute approximate surface area is 156 Å². The summed E-state index contributed by atoms with van der Waals surface area (Å²) in [5.74, 6) is -0.967. The molecule has 1 amide bonds. The van der Waals surface area contributed by atoms with E-state index in [2.05, 4.69) is 16.4 Å². The molecule has 1 heterocycles. The maximum atomic E-state index is 13.9. The molecule has 1 aromatic heterocycles. The van der Waals surface area contributed by atoms with Crippen molar-refractivity contribution in [2.45, 2.75) is 5.92 Å². The van der Waals surface area contributed by atoms with Crippen molar-refractivity contribution < 1.29 is 9.18 Å². The molecule has 0 saturated heterocycles. The largest absolute Gasteiger partial charge is 0.361 e. The van der Waals surface area contributed by atoms with Crippen molar-refractivity contribution in [3.8, 4) is 0 Å². The van der Waals surface area contributed by atoms with Crippen LogP contribution in [-0.2, 0) is 0 Å². The van der Waals surface area contributed by atoms with Gasteiger partial charge in [-0.25, -0.2) is 4.39 Å². The number of rotatable bonds is 5. The lowest BCUT2D eigenvalue weighted by Crippen LogP contribution is -2.29. The van der Waals surface area contributed by atoms with E-state index < -0.39 is 11.7 Å². The topological polar surface area (TPSA) is 44.9 Å². The van der Waals surface area contributed by atoms with Crippen molar-refractivity contribution in [1.29, 1.82) is 0 Å². The minimum atomic E-state index is -0.515. The van der Waals surface area contributed by atoms with Crippen molar-refractivity contribution in [2.75, 3.05) is 6.54 Å². The van der Waals surface area contributed by atoms with Crippen LogP contribution >= 0.6 is 0 Å². The van der Waals surface area contributed by atoms with Crippen LogP contribution in [-0.4, -0.2) is 17.4 Å². The van der Waals surface area contributed by atoms with Gasteiger partial charge in [0.25, 0.3) is 5.91 Å². The van der Waals surface area contributed by atoms with E-state index in [-0.39, 0.29) is 11.5 Å². The fraction of sp³-hybridized carbons (Fsp3) is 0.0870. The van der Waals surface area contributed by atoms with Gasteiger partial charge in [0.1, 0.15) is 5.82 Å². The maximum absolute atomic E-state index is 13.9. The highest BCUT2D eigenvalue weighted by molar-refractivity contribution is 5.94. The third-order valence-corrected chi connectivity index (χ3v) is 4.78. The molecule has 4 rings (SSSR count). The summed E-state index contributed by atoms with van der Waals surface area (Å²) in [5, 5.41) is 4.02. The molecule has 2 N–H and O–H groups in total. The van der Waals surface area contributed by atoms with Gasteiger partial charge in [0.05, 0.1) is 5.56 Å². The number of amides is 1. The summed E-state index contributed by atoms with van der Waals surface area (Å²) in [6, 6.07) is 24.1. The molecule has 134 valence electrons. The van der Waals surface area contributed by atoms with E-state index in [1.54, 1.807) is 12.1 Å². The van der Waals surface area contributed by atoms with E-state index in [0.717, 1.165) is 22.0 Å². The van der Waals surface area contributed by atoms with Crippen molar-refractivity contribution in [2.24, 2.45) is 0 Å². The molecule has 4 aromatic rings. The molecule has 1 atom stereocenters. The summed E-state index contributed by atoms with van der Waals surface area (Å²) >= 11 is 0. The van der Waals surface area contributed by atoms with Crippen LogP contribution in [0.2, 0.25) is 0 Å². The van der Waals surface area contributed by atoms with Gasteiger partial charge in [-0.05, 0) is 29.3 Å². The molecule has 3 aromatic carbocycles. The Morgan fingerprint density at radius 2 is 1.63 bits per heavy atom. The summed E-state index contributed by atoms with van der Waals surface area (Å²) in [5.41, 5.74) is 3.30. The zero-order chi connectivity index (χ0) is 18.6. The van der Waals surface area contributed by atoms with Crippen LogP contribution in [0.15, 0.2) is 85.1 Å². The van der Waals surface area contributed by atoms with Gasteiger partial charge in [-0.1, -0.05) is 60.7 Å². The summed E-state index contributed by atoms with van der Waals surface area (Å²) < 4.78 is 13.9. The number of carbonyl (C=O) groups is 1. The fourth-order valence-corrected chi connectivity index (χ4v) is 3.41. The highest BCUT2D eigenvalue weighted by Gasteiger charge is 2.20. The number of hydrogen-bond acceptors (Lipinski definition) is 1. The summed E-state index contributed by atoms with van der Waals surface area (Å²) in [6.07, 6.45) is 1.98. The molecule has 4 heteroatoms. The van der Waals surface area contributed by atoms with E-state index in [1.807, 2.05) is 54.7 Å². The van der Waals surface area contributed by atoms with Crippen molar-refractivity contribution in [3.05, 3.63) is 108 Å². The highest BCUT2D eigenvalue weighted by atomic mass is 19.1. The molecule has 0 spiro atoms. The quantitative estimate of drug-likeness (QED) is 0.525. The third-order valence-electron chi connectivity index (χ3n) is 4.78. The summed E-state index contributed by atoms with van der Waals surface area (Å²) in [7, 11) is 0. The number of fused-ring (bicyclic) bond motifs is 1. The third kappa shape index (κ3) is 3.47. The Bertz CT molecular complexity index is 1070. The molecular weight excluding hydrogens is 339 g/mol. The second-order valence-corrected chi connectivity index (χ2v) is 6.44. The van der Waals surface area contributed by atoms with Crippen LogP contribution in [0.1, 0.15) is 27.4 Å². The average Bonchev–Trinajstić information content (AvgIpc) is 3.13. The predicted octanol–water partition coefficient (Wildman–Crippen LogP) is 4.87. The lowest BCUT2D eigenvalue weighted by molar-refractivity contribution is 0.0948. The monoisotopic (exact) mass is 358 g/mol. The zero-order valence-corrected chi connectivity index (χ0v) is 14.7. The predicted molar refractivity (Wildman–Crippen MR) is 105 cm³/mol. The number of para-hydroxylation sites is 1. The molecule has 0 aliphatic rings.